The monoisotopic (exact) mass is 1050 g/mol. The number of nitrogens with zero attached hydrogens (tertiary/aromatic N) is 2. The second-order valence-electron chi connectivity index (χ2n) is 22.7. The number of cyclic esters (lactones) is 1. The standard InChI is InChI=1S/C59H94N2O14/c1-38-18-12-10-13-19-39(2)50(73-31-29-62)36-46-23-21-44(7)59(69,75-46)56(66)57(67)61-27-17-14-20-47(61)58(68)74-51(37-48(63)40(3)33-43(6)54(65)55(71-9)53(64)42(5)32-38)41(4)34-45-22-24-49(52(35-45)70-8)72-30-28-60-25-15-11-16-26-60/h10,12-13,18-19,33,38,40-42,44-47,49-52,54-55,62,65,69H,11,14-17,20-32,34-37H2,1-9H3/b13-10+,18-12+,39-19+,43-33+/t38-,40-,41-,42-,44-,45+,46+,47?,49-,50?,51+,52-,54-,55+,59-/m1/s1. The number of ketones is 3. The lowest BCUT2D eigenvalue weighted by Crippen LogP contribution is -2.61. The molecule has 3 N–H and O–H groups in total. The van der Waals surface area contributed by atoms with Gasteiger partial charge < -0.3 is 53.5 Å². The van der Waals surface area contributed by atoms with Crippen molar-refractivity contribution in [2.45, 2.75) is 199 Å². The molecule has 0 aromatic carbocycles. The Morgan fingerprint density at radius 1 is 0.800 bits per heavy atom. The molecule has 75 heavy (non-hydrogen) atoms. The van der Waals surface area contributed by atoms with Crippen molar-refractivity contribution in [1.82, 2.24) is 9.80 Å². The van der Waals surface area contributed by atoms with Crippen molar-refractivity contribution in [1.29, 1.82) is 0 Å². The van der Waals surface area contributed by atoms with Crippen LogP contribution in [0.15, 0.2) is 47.6 Å². The molecule has 3 saturated heterocycles. The molecule has 424 valence electrons. The number of Topliss-reactive ketones (excluding diaryl/α,β-unsaturated/α-hetero) is 3. The number of carbonyl (C=O) groups is 5. The third-order valence-corrected chi connectivity index (χ3v) is 16.8. The normalized spacial score (nSPS) is 38.1. The van der Waals surface area contributed by atoms with Crippen molar-refractivity contribution in [2.75, 3.05) is 60.2 Å². The second-order valence-corrected chi connectivity index (χ2v) is 22.7. The molecule has 0 aromatic rings. The summed E-state index contributed by atoms with van der Waals surface area (Å²) in [5, 5.41) is 33.3. The first kappa shape index (κ1) is 62.4. The van der Waals surface area contributed by atoms with Gasteiger partial charge in [0.05, 0.1) is 44.2 Å². The molecule has 0 spiro atoms. The first-order valence-corrected chi connectivity index (χ1v) is 28.3. The van der Waals surface area contributed by atoms with E-state index in [-0.39, 0.29) is 80.5 Å². The quantitative estimate of drug-likeness (QED) is 0.102. The number of carbonyl (C=O) groups excluding carboxylic acids is 5. The van der Waals surface area contributed by atoms with E-state index < -0.39 is 77.8 Å². The molecule has 0 radical (unpaired) electrons. The minimum Gasteiger partial charge on any atom is -0.460 e. The predicted molar refractivity (Wildman–Crippen MR) is 285 cm³/mol. The molecule has 5 aliphatic rings. The fourth-order valence-corrected chi connectivity index (χ4v) is 11.9. The number of amides is 1. The van der Waals surface area contributed by atoms with Gasteiger partial charge in [0.25, 0.3) is 11.7 Å². The molecule has 0 aromatic heterocycles. The Morgan fingerprint density at radius 2 is 1.53 bits per heavy atom. The summed E-state index contributed by atoms with van der Waals surface area (Å²) in [4.78, 5) is 75.3. The number of ether oxygens (including phenoxy) is 6. The molecule has 1 amide bonds. The third-order valence-electron chi connectivity index (χ3n) is 16.8. The van der Waals surface area contributed by atoms with Crippen LogP contribution in [-0.4, -0.2) is 169 Å². The largest absolute Gasteiger partial charge is 0.460 e. The van der Waals surface area contributed by atoms with Crippen molar-refractivity contribution >= 4 is 29.2 Å². The maximum absolute atomic E-state index is 14.6. The van der Waals surface area contributed by atoms with Crippen LogP contribution in [0.2, 0.25) is 0 Å². The van der Waals surface area contributed by atoms with E-state index in [1.807, 2.05) is 58.1 Å². The van der Waals surface area contributed by atoms with Gasteiger partial charge in [-0.25, -0.2) is 4.79 Å². The van der Waals surface area contributed by atoms with Crippen LogP contribution in [0, 0.1) is 35.5 Å². The van der Waals surface area contributed by atoms with Crippen LogP contribution in [0.4, 0.5) is 0 Å². The SMILES string of the molecule is CO[C@@H]1C[C@H](C[C@@H](C)[C@@H]2CC(=O)[C@H](C)/C=C(\C)[C@@H](O)[C@@H](OC)C(=O)[C@H](C)C[C@H](C)/C=C/C=C/C=C(\C)C(OCCO)C[C@@H]3CC[C@@H](C)[C@@](O)(O3)C(=O)C(=O)N3CCCCC3C(=O)O2)CC[C@H]1OCCN1CCCCC1. The fourth-order valence-electron chi connectivity index (χ4n) is 11.9. The summed E-state index contributed by atoms with van der Waals surface area (Å²) in [7, 11) is 3.10. The van der Waals surface area contributed by atoms with Gasteiger partial charge in [-0.2, -0.15) is 0 Å². The molecule has 1 aliphatic carbocycles. The third kappa shape index (κ3) is 17.8. The van der Waals surface area contributed by atoms with Crippen LogP contribution in [0.1, 0.15) is 145 Å². The molecule has 15 atom stereocenters. The van der Waals surface area contributed by atoms with Crippen LogP contribution < -0.4 is 0 Å². The fraction of sp³-hybridized carbons (Fsp3) is 0.780. The second kappa shape index (κ2) is 30.6. The first-order valence-electron chi connectivity index (χ1n) is 28.3. The highest BCUT2D eigenvalue weighted by Gasteiger charge is 2.53. The number of hydrogen-bond acceptors (Lipinski definition) is 15. The lowest BCUT2D eigenvalue weighted by molar-refractivity contribution is -0.266. The van der Waals surface area contributed by atoms with Crippen molar-refractivity contribution in [3.8, 4) is 0 Å². The first-order chi connectivity index (χ1) is 35.8. The van der Waals surface area contributed by atoms with E-state index in [1.165, 1.54) is 31.3 Å². The van der Waals surface area contributed by atoms with Gasteiger partial charge in [-0.3, -0.25) is 19.2 Å². The molecule has 1 saturated carbocycles. The van der Waals surface area contributed by atoms with E-state index in [1.54, 1.807) is 34.0 Å². The van der Waals surface area contributed by atoms with Gasteiger partial charge in [-0.05, 0) is 133 Å². The molecule has 16 heteroatoms. The Morgan fingerprint density at radius 3 is 2.24 bits per heavy atom. The molecule has 4 fully saturated rings. The van der Waals surface area contributed by atoms with Gasteiger partial charge in [0.1, 0.15) is 30.1 Å². The van der Waals surface area contributed by atoms with Gasteiger partial charge in [-0.15, -0.1) is 0 Å². The highest BCUT2D eigenvalue weighted by atomic mass is 16.6. The summed E-state index contributed by atoms with van der Waals surface area (Å²) in [6.07, 6.45) is 15.7. The van der Waals surface area contributed by atoms with Gasteiger partial charge in [0.15, 0.2) is 5.78 Å². The van der Waals surface area contributed by atoms with Crippen LogP contribution >= 0.6 is 0 Å². The van der Waals surface area contributed by atoms with E-state index in [0.29, 0.717) is 50.7 Å². The number of methoxy groups -OCH3 is 2. The van der Waals surface area contributed by atoms with Crippen molar-refractivity contribution < 1.29 is 67.7 Å². The van der Waals surface area contributed by atoms with Crippen molar-refractivity contribution in [3.63, 3.8) is 0 Å². The Hall–Kier alpha value is -3.45. The molecular weight excluding hydrogens is 961 g/mol. The summed E-state index contributed by atoms with van der Waals surface area (Å²) in [5.74, 6) is -8.01. The van der Waals surface area contributed by atoms with Crippen LogP contribution in [-0.2, 0) is 52.4 Å². The number of fused-ring (bicyclic) bond motifs is 3. The Labute approximate surface area is 448 Å². The van der Waals surface area contributed by atoms with E-state index in [9.17, 15) is 39.3 Å². The lowest BCUT2D eigenvalue weighted by atomic mass is 9.78. The smallest absolute Gasteiger partial charge is 0.329 e. The zero-order valence-corrected chi connectivity index (χ0v) is 46.8. The molecule has 4 heterocycles. The summed E-state index contributed by atoms with van der Waals surface area (Å²) in [6.45, 7) is 16.3. The lowest BCUT2D eigenvalue weighted by Gasteiger charge is -2.43. The molecular formula is C59H94N2O14. The van der Waals surface area contributed by atoms with Crippen molar-refractivity contribution in [3.05, 3.63) is 47.6 Å². The Bertz CT molecular complexity index is 1980. The topological polar surface area (TPSA) is 208 Å². The summed E-state index contributed by atoms with van der Waals surface area (Å²) in [6, 6.07) is -1.15. The van der Waals surface area contributed by atoms with Crippen molar-refractivity contribution in [2.24, 2.45) is 35.5 Å². The number of likely N-dealkylation sites (tertiary alicyclic amines) is 1. The highest BCUT2D eigenvalue weighted by molar-refractivity contribution is 6.39. The van der Waals surface area contributed by atoms with E-state index in [2.05, 4.69) is 4.90 Å². The van der Waals surface area contributed by atoms with Crippen LogP contribution in [0.3, 0.4) is 0 Å². The molecule has 5 rings (SSSR count). The number of aliphatic hydroxyl groups is 3. The van der Waals surface area contributed by atoms with E-state index in [4.69, 9.17) is 28.4 Å². The van der Waals surface area contributed by atoms with Crippen LogP contribution in [0.25, 0.3) is 0 Å². The van der Waals surface area contributed by atoms with Gasteiger partial charge in [0, 0.05) is 57.9 Å². The maximum Gasteiger partial charge on any atom is 0.329 e. The number of allylic oxidation sites excluding steroid dienone is 6. The maximum atomic E-state index is 14.6. The number of rotatable bonds is 12. The average Bonchev–Trinajstić information content (AvgIpc) is 3.40. The average molecular weight is 1060 g/mol. The number of hydrogen-bond donors (Lipinski definition) is 3. The van der Waals surface area contributed by atoms with E-state index in [0.717, 1.165) is 44.5 Å². The molecule has 4 aliphatic heterocycles. The molecule has 16 nitrogen and oxygen atoms in total. The van der Waals surface area contributed by atoms with Gasteiger partial charge in [0.2, 0.25) is 5.79 Å². The summed E-state index contributed by atoms with van der Waals surface area (Å²) >= 11 is 0. The van der Waals surface area contributed by atoms with Gasteiger partial charge >= 0.3 is 5.97 Å². The predicted octanol–water partition coefficient (Wildman–Crippen LogP) is 7.05. The Balaban J connectivity index is 1.43. The van der Waals surface area contributed by atoms with E-state index >= 15 is 0 Å². The minimum absolute atomic E-state index is 0.00620. The summed E-state index contributed by atoms with van der Waals surface area (Å²) in [5.41, 5.74) is 1.20. The molecule has 2 unspecified atom stereocenters. The molecule has 2 bridgehead atoms. The van der Waals surface area contributed by atoms with Gasteiger partial charge in [-0.1, -0.05) is 77.5 Å². The Kier molecular flexibility index (Phi) is 25.5. The summed E-state index contributed by atoms with van der Waals surface area (Å²) < 4.78 is 36.7. The number of aliphatic hydroxyl groups excluding tert-OH is 2. The van der Waals surface area contributed by atoms with Crippen LogP contribution in [0.5, 0.6) is 0 Å². The zero-order valence-electron chi connectivity index (χ0n) is 46.8. The minimum atomic E-state index is -2.48. The number of esters is 1. The highest BCUT2D eigenvalue weighted by Crippen LogP contribution is 2.38. The number of piperidine rings is 2. The zero-order chi connectivity index (χ0) is 54.8.